The molecule has 1 saturated heterocycles. The van der Waals surface area contributed by atoms with Crippen molar-refractivity contribution in [3.8, 4) is 0 Å². The SMILES string of the molecule is NCCCCCN1CCN(CCC(N)=O)CC1. The number of primary amides is 1. The van der Waals surface area contributed by atoms with E-state index in [0.29, 0.717) is 6.42 Å². The van der Waals surface area contributed by atoms with Crippen LogP contribution < -0.4 is 11.5 Å². The average molecular weight is 242 g/mol. The van der Waals surface area contributed by atoms with E-state index in [-0.39, 0.29) is 5.91 Å². The molecule has 0 aliphatic carbocycles. The summed E-state index contributed by atoms with van der Waals surface area (Å²) in [4.78, 5) is 15.5. The third-order valence-corrected chi connectivity index (χ3v) is 3.32. The number of rotatable bonds is 8. The first-order valence-corrected chi connectivity index (χ1v) is 6.65. The number of carbonyl (C=O) groups excluding carboxylic acids is 1. The molecule has 0 aromatic heterocycles. The van der Waals surface area contributed by atoms with Crippen LogP contribution in [0.25, 0.3) is 0 Å². The number of amides is 1. The molecule has 1 amide bonds. The normalized spacial score (nSPS) is 18.4. The van der Waals surface area contributed by atoms with E-state index in [4.69, 9.17) is 11.5 Å². The maximum atomic E-state index is 10.7. The Labute approximate surface area is 104 Å². The van der Waals surface area contributed by atoms with Crippen molar-refractivity contribution < 1.29 is 4.79 Å². The zero-order chi connectivity index (χ0) is 12.5. The van der Waals surface area contributed by atoms with E-state index in [1.807, 2.05) is 0 Å². The van der Waals surface area contributed by atoms with Crippen molar-refractivity contribution in [1.82, 2.24) is 9.80 Å². The van der Waals surface area contributed by atoms with E-state index in [0.717, 1.165) is 45.7 Å². The van der Waals surface area contributed by atoms with Crippen LogP contribution >= 0.6 is 0 Å². The van der Waals surface area contributed by atoms with E-state index in [1.165, 1.54) is 19.4 Å². The molecule has 1 rings (SSSR count). The van der Waals surface area contributed by atoms with Gasteiger partial charge in [0.05, 0.1) is 0 Å². The summed E-state index contributed by atoms with van der Waals surface area (Å²) in [6.45, 7) is 7.15. The van der Waals surface area contributed by atoms with Crippen LogP contribution in [0.5, 0.6) is 0 Å². The molecule has 17 heavy (non-hydrogen) atoms. The van der Waals surface area contributed by atoms with Crippen LogP contribution in [0.15, 0.2) is 0 Å². The van der Waals surface area contributed by atoms with Crippen LogP contribution in [0.3, 0.4) is 0 Å². The fraction of sp³-hybridized carbons (Fsp3) is 0.917. The smallest absolute Gasteiger partial charge is 0.218 e. The van der Waals surface area contributed by atoms with E-state index >= 15 is 0 Å². The predicted octanol–water partition coefficient (Wildman–Crippen LogP) is -0.392. The first-order valence-electron chi connectivity index (χ1n) is 6.65. The van der Waals surface area contributed by atoms with Crippen molar-refractivity contribution in [2.45, 2.75) is 25.7 Å². The molecule has 4 N–H and O–H groups in total. The summed E-state index contributed by atoms with van der Waals surface area (Å²) in [5.41, 5.74) is 10.6. The second-order valence-electron chi connectivity index (χ2n) is 4.75. The molecule has 100 valence electrons. The quantitative estimate of drug-likeness (QED) is 0.568. The monoisotopic (exact) mass is 242 g/mol. The Morgan fingerprint density at radius 2 is 1.53 bits per heavy atom. The van der Waals surface area contributed by atoms with Gasteiger partial charge in [0, 0.05) is 39.1 Å². The van der Waals surface area contributed by atoms with Crippen molar-refractivity contribution in [2.75, 3.05) is 45.8 Å². The first-order chi connectivity index (χ1) is 8.22. The highest BCUT2D eigenvalue weighted by molar-refractivity contribution is 5.73. The van der Waals surface area contributed by atoms with Crippen molar-refractivity contribution >= 4 is 5.91 Å². The lowest BCUT2D eigenvalue weighted by atomic mass is 10.2. The highest BCUT2D eigenvalue weighted by Crippen LogP contribution is 2.04. The zero-order valence-electron chi connectivity index (χ0n) is 10.7. The van der Waals surface area contributed by atoms with Crippen LogP contribution in [-0.4, -0.2) is 61.5 Å². The standard InChI is InChI=1S/C12H26N4O/c13-5-2-1-3-6-15-8-10-16(11-9-15)7-4-12(14)17/h1-11,13H2,(H2,14,17). The molecule has 1 aliphatic rings. The molecular weight excluding hydrogens is 216 g/mol. The van der Waals surface area contributed by atoms with Gasteiger partial charge in [-0.3, -0.25) is 4.79 Å². The molecule has 0 saturated carbocycles. The third-order valence-electron chi connectivity index (χ3n) is 3.32. The summed E-state index contributed by atoms with van der Waals surface area (Å²) in [7, 11) is 0. The fourth-order valence-corrected chi connectivity index (χ4v) is 2.16. The lowest BCUT2D eigenvalue weighted by molar-refractivity contribution is -0.118. The second-order valence-corrected chi connectivity index (χ2v) is 4.75. The van der Waals surface area contributed by atoms with Gasteiger partial charge in [0.15, 0.2) is 0 Å². The molecule has 0 bridgehead atoms. The number of nitrogens with two attached hydrogens (primary N) is 2. The molecule has 0 aromatic rings. The summed E-state index contributed by atoms with van der Waals surface area (Å²) < 4.78 is 0. The topological polar surface area (TPSA) is 75.6 Å². The Balaban J connectivity index is 2.03. The first kappa shape index (κ1) is 14.4. The Bertz CT molecular complexity index is 215. The zero-order valence-corrected chi connectivity index (χ0v) is 10.7. The van der Waals surface area contributed by atoms with Gasteiger partial charge < -0.3 is 21.3 Å². The van der Waals surface area contributed by atoms with Gasteiger partial charge in [-0.25, -0.2) is 0 Å². The van der Waals surface area contributed by atoms with Crippen LogP contribution in [0.4, 0.5) is 0 Å². The van der Waals surface area contributed by atoms with E-state index in [2.05, 4.69) is 9.80 Å². The minimum atomic E-state index is -0.200. The van der Waals surface area contributed by atoms with Gasteiger partial charge in [0.1, 0.15) is 0 Å². The molecule has 0 radical (unpaired) electrons. The summed E-state index contributed by atoms with van der Waals surface area (Å²) >= 11 is 0. The highest BCUT2D eigenvalue weighted by atomic mass is 16.1. The molecule has 1 aliphatic heterocycles. The van der Waals surface area contributed by atoms with Crippen LogP contribution in [0.1, 0.15) is 25.7 Å². The molecule has 1 fully saturated rings. The number of piperazine rings is 1. The number of unbranched alkanes of at least 4 members (excludes halogenated alkanes) is 2. The molecule has 5 heteroatoms. The molecule has 1 heterocycles. The number of nitrogens with zero attached hydrogens (tertiary/aromatic N) is 2. The van der Waals surface area contributed by atoms with Crippen LogP contribution in [0.2, 0.25) is 0 Å². The molecule has 0 unspecified atom stereocenters. The van der Waals surface area contributed by atoms with Gasteiger partial charge in [-0.05, 0) is 25.9 Å². The van der Waals surface area contributed by atoms with Crippen molar-refractivity contribution in [3.63, 3.8) is 0 Å². The maximum absolute atomic E-state index is 10.7. The summed E-state index contributed by atoms with van der Waals surface area (Å²) in [6.07, 6.45) is 4.10. The Hall–Kier alpha value is -0.650. The number of hydrogen-bond acceptors (Lipinski definition) is 4. The summed E-state index contributed by atoms with van der Waals surface area (Å²) in [6, 6.07) is 0. The molecular formula is C12H26N4O. The Morgan fingerprint density at radius 3 is 2.06 bits per heavy atom. The van der Waals surface area contributed by atoms with Crippen LogP contribution in [0, 0.1) is 0 Å². The van der Waals surface area contributed by atoms with Gasteiger partial charge in [-0.2, -0.15) is 0 Å². The van der Waals surface area contributed by atoms with Crippen molar-refractivity contribution in [2.24, 2.45) is 11.5 Å². The molecule has 5 nitrogen and oxygen atoms in total. The molecule has 0 aromatic carbocycles. The minimum absolute atomic E-state index is 0.200. The molecule has 0 atom stereocenters. The van der Waals surface area contributed by atoms with E-state index in [9.17, 15) is 4.79 Å². The Morgan fingerprint density at radius 1 is 0.941 bits per heavy atom. The van der Waals surface area contributed by atoms with E-state index < -0.39 is 0 Å². The highest BCUT2D eigenvalue weighted by Gasteiger charge is 2.16. The largest absolute Gasteiger partial charge is 0.370 e. The number of hydrogen-bond donors (Lipinski definition) is 2. The lowest BCUT2D eigenvalue weighted by Gasteiger charge is -2.34. The average Bonchev–Trinajstić information content (AvgIpc) is 2.33. The fourth-order valence-electron chi connectivity index (χ4n) is 2.16. The minimum Gasteiger partial charge on any atom is -0.370 e. The van der Waals surface area contributed by atoms with Crippen molar-refractivity contribution in [3.05, 3.63) is 0 Å². The van der Waals surface area contributed by atoms with Gasteiger partial charge in [-0.1, -0.05) is 6.42 Å². The van der Waals surface area contributed by atoms with Gasteiger partial charge in [-0.15, -0.1) is 0 Å². The predicted molar refractivity (Wildman–Crippen MR) is 69.6 cm³/mol. The van der Waals surface area contributed by atoms with Gasteiger partial charge >= 0.3 is 0 Å². The number of carbonyl (C=O) groups is 1. The molecule has 0 spiro atoms. The summed E-state index contributed by atoms with van der Waals surface area (Å²) in [5.74, 6) is -0.200. The maximum Gasteiger partial charge on any atom is 0.218 e. The third kappa shape index (κ3) is 6.61. The van der Waals surface area contributed by atoms with Gasteiger partial charge in [0.25, 0.3) is 0 Å². The lowest BCUT2D eigenvalue weighted by Crippen LogP contribution is -2.47. The summed E-state index contributed by atoms with van der Waals surface area (Å²) in [5, 5.41) is 0. The second kappa shape index (κ2) is 8.44. The van der Waals surface area contributed by atoms with Crippen LogP contribution in [-0.2, 0) is 4.79 Å². The van der Waals surface area contributed by atoms with E-state index in [1.54, 1.807) is 0 Å². The Kier molecular flexibility index (Phi) is 7.16. The van der Waals surface area contributed by atoms with Gasteiger partial charge in [0.2, 0.25) is 5.91 Å². The van der Waals surface area contributed by atoms with Crippen molar-refractivity contribution in [1.29, 1.82) is 0 Å².